The Bertz CT molecular complexity index is 466. The topological polar surface area (TPSA) is 61.4 Å². The summed E-state index contributed by atoms with van der Waals surface area (Å²) < 4.78 is 0. The molecular weight excluding hydrogens is 204 g/mol. The minimum Gasteiger partial charge on any atom is -0.480 e. The van der Waals surface area contributed by atoms with Gasteiger partial charge < -0.3 is 15.7 Å². The van der Waals surface area contributed by atoms with Crippen LogP contribution in [0.1, 0.15) is 19.3 Å². The van der Waals surface area contributed by atoms with Crippen molar-refractivity contribution in [2.45, 2.75) is 25.3 Å². The van der Waals surface area contributed by atoms with Crippen molar-refractivity contribution in [3.8, 4) is 0 Å². The lowest BCUT2D eigenvalue weighted by Gasteiger charge is -2.23. The van der Waals surface area contributed by atoms with Crippen molar-refractivity contribution in [3.63, 3.8) is 0 Å². The number of carbonyl (C=O) groups is 1. The first-order valence-corrected chi connectivity index (χ1v) is 5.88. The van der Waals surface area contributed by atoms with Crippen LogP contribution in [0.4, 0.5) is 0 Å². The van der Waals surface area contributed by atoms with Crippen LogP contribution in [0.5, 0.6) is 0 Å². The van der Waals surface area contributed by atoms with E-state index < -0.39 is 12.0 Å². The van der Waals surface area contributed by atoms with Crippen molar-refractivity contribution < 1.29 is 9.90 Å². The van der Waals surface area contributed by atoms with Crippen LogP contribution in [0.25, 0.3) is 0 Å². The van der Waals surface area contributed by atoms with Crippen LogP contribution in [0.2, 0.25) is 0 Å². The zero-order valence-corrected chi connectivity index (χ0v) is 8.92. The molecule has 3 N–H and O–H groups in total. The summed E-state index contributed by atoms with van der Waals surface area (Å²) in [5.74, 6) is -0.00565. The average Bonchev–Trinajstić information content (AvgIpc) is 2.70. The third kappa shape index (κ3) is 0.807. The number of aliphatic carboxylic acids is 1. The molecule has 4 aliphatic rings. The van der Waals surface area contributed by atoms with Gasteiger partial charge in [0.2, 0.25) is 0 Å². The molecule has 0 aromatic carbocycles. The quantitative estimate of drug-likeness (QED) is 0.602. The minimum atomic E-state index is -0.726. The van der Waals surface area contributed by atoms with E-state index in [1.807, 2.05) is 0 Å². The fourth-order valence-electron chi connectivity index (χ4n) is 3.75. The van der Waals surface area contributed by atoms with E-state index in [1.54, 1.807) is 0 Å². The van der Waals surface area contributed by atoms with Crippen LogP contribution >= 0.6 is 0 Å². The molecule has 84 valence electrons. The Morgan fingerprint density at radius 3 is 3.19 bits per heavy atom. The molecule has 3 unspecified atom stereocenters. The highest BCUT2D eigenvalue weighted by atomic mass is 16.4. The van der Waals surface area contributed by atoms with Crippen molar-refractivity contribution in [1.29, 1.82) is 0 Å². The van der Waals surface area contributed by atoms with Gasteiger partial charge in [-0.3, -0.25) is 0 Å². The number of allylic oxidation sites excluding steroid dienone is 2. The van der Waals surface area contributed by atoms with Gasteiger partial charge in [-0.2, -0.15) is 0 Å². The normalized spacial score (nSPS) is 42.6. The lowest BCUT2D eigenvalue weighted by molar-refractivity contribution is -0.139. The van der Waals surface area contributed by atoms with Crippen molar-refractivity contribution >= 4 is 5.97 Å². The predicted octanol–water partition coefficient (Wildman–Crippen LogP) is 0.584. The summed E-state index contributed by atoms with van der Waals surface area (Å²) in [6, 6.07) is -0.394. The maximum Gasteiger partial charge on any atom is 0.326 e. The number of nitrogens with one attached hydrogen (secondary N) is 2. The summed E-state index contributed by atoms with van der Waals surface area (Å²) in [6.45, 7) is 1.07. The zero-order valence-electron chi connectivity index (χ0n) is 8.92. The Morgan fingerprint density at radius 2 is 2.44 bits per heavy atom. The van der Waals surface area contributed by atoms with Gasteiger partial charge in [-0.05, 0) is 17.9 Å². The lowest BCUT2D eigenvalue weighted by atomic mass is 9.84. The highest BCUT2D eigenvalue weighted by Crippen LogP contribution is 2.68. The maximum atomic E-state index is 11.0. The first kappa shape index (κ1) is 8.67. The molecule has 1 saturated heterocycles. The van der Waals surface area contributed by atoms with Gasteiger partial charge in [-0.15, -0.1) is 0 Å². The second kappa shape index (κ2) is 2.44. The standard InChI is InChI=1S/C12H14N2O2/c15-11(16)9-3-7-8(14-9)1-2-10-12(7)4-6(12)5-13-10/h2,6,9,13-14H,1,3-5H2,(H,15,16). The highest BCUT2D eigenvalue weighted by molar-refractivity contribution is 5.76. The van der Waals surface area contributed by atoms with Gasteiger partial charge in [-0.1, -0.05) is 6.08 Å². The van der Waals surface area contributed by atoms with Crippen molar-refractivity contribution in [3.05, 3.63) is 23.0 Å². The van der Waals surface area contributed by atoms with Crippen molar-refractivity contribution in [1.82, 2.24) is 10.6 Å². The van der Waals surface area contributed by atoms with Crippen LogP contribution in [0.15, 0.2) is 23.0 Å². The third-order valence-corrected chi connectivity index (χ3v) is 4.59. The van der Waals surface area contributed by atoms with E-state index in [0.717, 1.165) is 18.9 Å². The van der Waals surface area contributed by atoms with E-state index in [4.69, 9.17) is 5.11 Å². The van der Waals surface area contributed by atoms with E-state index in [-0.39, 0.29) is 5.41 Å². The fourth-order valence-corrected chi connectivity index (χ4v) is 3.75. The number of carboxylic acid groups (broad SMARTS) is 1. The molecule has 0 amide bonds. The monoisotopic (exact) mass is 218 g/mol. The summed E-state index contributed by atoms with van der Waals surface area (Å²) in [5.41, 5.74) is 4.16. The summed E-state index contributed by atoms with van der Waals surface area (Å²) >= 11 is 0. The molecule has 2 heterocycles. The van der Waals surface area contributed by atoms with Crippen LogP contribution in [0.3, 0.4) is 0 Å². The lowest BCUT2D eigenvalue weighted by Crippen LogP contribution is -2.31. The van der Waals surface area contributed by atoms with Crippen LogP contribution < -0.4 is 10.6 Å². The molecule has 3 atom stereocenters. The SMILES string of the molecule is O=C(O)C1CC2=C(CC=C3NCC4CC324)N1. The number of rotatable bonds is 1. The van der Waals surface area contributed by atoms with Gasteiger partial charge in [0.15, 0.2) is 0 Å². The van der Waals surface area contributed by atoms with E-state index >= 15 is 0 Å². The van der Waals surface area contributed by atoms with Crippen LogP contribution in [-0.4, -0.2) is 23.7 Å². The molecule has 16 heavy (non-hydrogen) atoms. The molecule has 2 aliphatic heterocycles. The van der Waals surface area contributed by atoms with E-state index in [2.05, 4.69) is 16.7 Å². The molecule has 2 fully saturated rings. The Hall–Kier alpha value is -1.45. The molecule has 0 aromatic heterocycles. The molecule has 0 radical (unpaired) electrons. The molecule has 4 rings (SSSR count). The smallest absolute Gasteiger partial charge is 0.326 e. The number of piperidine rings is 1. The van der Waals surface area contributed by atoms with Gasteiger partial charge >= 0.3 is 5.97 Å². The van der Waals surface area contributed by atoms with Gasteiger partial charge in [0, 0.05) is 36.2 Å². The van der Waals surface area contributed by atoms with E-state index in [9.17, 15) is 4.79 Å². The fraction of sp³-hybridized carbons (Fsp3) is 0.583. The number of carboxylic acids is 1. The molecule has 4 heteroatoms. The number of hydrogen-bond donors (Lipinski definition) is 3. The summed E-state index contributed by atoms with van der Waals surface area (Å²) in [5, 5.41) is 15.7. The average molecular weight is 218 g/mol. The number of hydrogen-bond acceptors (Lipinski definition) is 3. The molecule has 2 aliphatic carbocycles. The second-order valence-corrected chi connectivity index (χ2v) is 5.27. The minimum absolute atomic E-state index is 0.227. The zero-order chi connectivity index (χ0) is 10.9. The molecular formula is C12H14N2O2. The summed E-state index contributed by atoms with van der Waals surface area (Å²) in [7, 11) is 0. The highest BCUT2D eigenvalue weighted by Gasteiger charge is 2.65. The Balaban J connectivity index is 1.72. The van der Waals surface area contributed by atoms with Gasteiger partial charge in [0.25, 0.3) is 0 Å². The molecule has 0 bridgehead atoms. The Morgan fingerprint density at radius 1 is 1.56 bits per heavy atom. The summed E-state index contributed by atoms with van der Waals surface area (Å²) in [6.07, 6.45) is 5.03. The summed E-state index contributed by atoms with van der Waals surface area (Å²) in [4.78, 5) is 11.0. The van der Waals surface area contributed by atoms with Crippen LogP contribution in [0, 0.1) is 11.3 Å². The van der Waals surface area contributed by atoms with Gasteiger partial charge in [-0.25, -0.2) is 4.79 Å². The first-order valence-electron chi connectivity index (χ1n) is 5.88. The molecule has 4 nitrogen and oxygen atoms in total. The predicted molar refractivity (Wildman–Crippen MR) is 57.4 cm³/mol. The van der Waals surface area contributed by atoms with Crippen molar-refractivity contribution in [2.75, 3.05) is 6.54 Å². The molecule has 1 spiro atoms. The van der Waals surface area contributed by atoms with Gasteiger partial charge in [0.05, 0.1) is 0 Å². The first-order chi connectivity index (χ1) is 7.72. The third-order valence-electron chi connectivity index (χ3n) is 4.59. The second-order valence-electron chi connectivity index (χ2n) is 5.27. The molecule has 1 saturated carbocycles. The largest absolute Gasteiger partial charge is 0.480 e. The maximum absolute atomic E-state index is 11.0. The van der Waals surface area contributed by atoms with Crippen LogP contribution in [-0.2, 0) is 4.79 Å². The Labute approximate surface area is 93.4 Å². The van der Waals surface area contributed by atoms with E-state index in [1.165, 1.54) is 23.4 Å². The molecule has 0 aromatic rings. The van der Waals surface area contributed by atoms with Gasteiger partial charge in [0.1, 0.15) is 6.04 Å². The van der Waals surface area contributed by atoms with E-state index in [0.29, 0.717) is 6.42 Å². The Kier molecular flexibility index (Phi) is 1.32. The van der Waals surface area contributed by atoms with Crippen molar-refractivity contribution in [2.24, 2.45) is 11.3 Å².